The van der Waals surface area contributed by atoms with Gasteiger partial charge in [0.1, 0.15) is 5.69 Å². The summed E-state index contributed by atoms with van der Waals surface area (Å²) in [6.45, 7) is 0.176. The zero-order valence-corrected chi connectivity index (χ0v) is 9.60. The SMILES string of the molecule is O=C(NC1C2CCC(C2)C1CO)c1ccn[nH]1. The highest BCUT2D eigenvalue weighted by molar-refractivity contribution is 5.92. The number of carbonyl (C=O) groups excluding carboxylic acids is 1. The summed E-state index contributed by atoms with van der Waals surface area (Å²) in [7, 11) is 0. The molecule has 2 fully saturated rings. The third-order valence-electron chi connectivity index (χ3n) is 4.34. The maximum Gasteiger partial charge on any atom is 0.269 e. The molecule has 5 heteroatoms. The van der Waals surface area contributed by atoms with Crippen molar-refractivity contribution in [3.05, 3.63) is 18.0 Å². The molecule has 1 aromatic rings. The molecular formula is C12H17N3O2. The van der Waals surface area contributed by atoms with E-state index in [0.29, 0.717) is 17.5 Å². The van der Waals surface area contributed by atoms with Gasteiger partial charge in [-0.3, -0.25) is 9.89 Å². The van der Waals surface area contributed by atoms with Gasteiger partial charge in [0.05, 0.1) is 0 Å². The normalized spacial score (nSPS) is 35.1. The molecule has 4 unspecified atom stereocenters. The fraction of sp³-hybridized carbons (Fsp3) is 0.667. The molecule has 0 aliphatic heterocycles. The van der Waals surface area contributed by atoms with Gasteiger partial charge in [-0.2, -0.15) is 5.10 Å². The van der Waals surface area contributed by atoms with Gasteiger partial charge >= 0.3 is 0 Å². The van der Waals surface area contributed by atoms with E-state index in [1.807, 2.05) is 0 Å². The van der Waals surface area contributed by atoms with E-state index in [2.05, 4.69) is 15.5 Å². The zero-order chi connectivity index (χ0) is 11.8. The van der Waals surface area contributed by atoms with Crippen molar-refractivity contribution in [3.63, 3.8) is 0 Å². The molecule has 92 valence electrons. The van der Waals surface area contributed by atoms with Crippen LogP contribution in [0.3, 0.4) is 0 Å². The van der Waals surface area contributed by atoms with Crippen LogP contribution in [0.5, 0.6) is 0 Å². The van der Waals surface area contributed by atoms with Crippen LogP contribution in [0.1, 0.15) is 29.8 Å². The lowest BCUT2D eigenvalue weighted by Gasteiger charge is -2.30. The highest BCUT2D eigenvalue weighted by Gasteiger charge is 2.47. The monoisotopic (exact) mass is 235 g/mol. The van der Waals surface area contributed by atoms with E-state index in [1.54, 1.807) is 12.3 Å². The number of aliphatic hydroxyl groups excluding tert-OH is 1. The van der Waals surface area contributed by atoms with Crippen molar-refractivity contribution in [1.82, 2.24) is 15.5 Å². The molecule has 2 aliphatic rings. The van der Waals surface area contributed by atoms with Crippen molar-refractivity contribution in [2.24, 2.45) is 17.8 Å². The Morgan fingerprint density at radius 2 is 2.35 bits per heavy atom. The molecule has 4 atom stereocenters. The van der Waals surface area contributed by atoms with E-state index in [4.69, 9.17) is 0 Å². The van der Waals surface area contributed by atoms with Crippen LogP contribution in [-0.4, -0.2) is 33.9 Å². The molecule has 2 aliphatic carbocycles. The van der Waals surface area contributed by atoms with Crippen molar-refractivity contribution in [1.29, 1.82) is 0 Å². The third-order valence-corrected chi connectivity index (χ3v) is 4.34. The Balaban J connectivity index is 1.71. The molecule has 5 nitrogen and oxygen atoms in total. The van der Waals surface area contributed by atoms with Crippen molar-refractivity contribution in [2.45, 2.75) is 25.3 Å². The van der Waals surface area contributed by atoms with Gasteiger partial charge in [-0.1, -0.05) is 0 Å². The maximum atomic E-state index is 11.9. The first-order valence-electron chi connectivity index (χ1n) is 6.20. The predicted molar refractivity (Wildman–Crippen MR) is 61.2 cm³/mol. The first-order valence-corrected chi connectivity index (χ1v) is 6.20. The number of aliphatic hydroxyl groups is 1. The summed E-state index contributed by atoms with van der Waals surface area (Å²) in [6, 6.07) is 1.80. The maximum absolute atomic E-state index is 11.9. The van der Waals surface area contributed by atoms with E-state index >= 15 is 0 Å². The number of nitrogens with zero attached hydrogens (tertiary/aromatic N) is 1. The van der Waals surface area contributed by atoms with Crippen LogP contribution in [0.4, 0.5) is 0 Å². The summed E-state index contributed by atoms with van der Waals surface area (Å²) >= 11 is 0. The van der Waals surface area contributed by atoms with Crippen LogP contribution in [0.15, 0.2) is 12.3 Å². The van der Waals surface area contributed by atoms with E-state index in [-0.39, 0.29) is 24.5 Å². The van der Waals surface area contributed by atoms with E-state index in [0.717, 1.165) is 6.42 Å². The Hall–Kier alpha value is -1.36. The molecule has 3 N–H and O–H groups in total. The molecular weight excluding hydrogens is 218 g/mol. The van der Waals surface area contributed by atoms with Gasteiger partial charge in [-0.05, 0) is 37.2 Å². The highest BCUT2D eigenvalue weighted by Crippen LogP contribution is 2.48. The second kappa shape index (κ2) is 4.14. The molecule has 3 rings (SSSR count). The molecule has 2 saturated carbocycles. The lowest BCUT2D eigenvalue weighted by atomic mass is 9.85. The molecule has 1 heterocycles. The van der Waals surface area contributed by atoms with E-state index in [1.165, 1.54) is 12.8 Å². The fourth-order valence-corrected chi connectivity index (χ4v) is 3.51. The van der Waals surface area contributed by atoms with Gasteiger partial charge in [0.25, 0.3) is 5.91 Å². The number of H-pyrrole nitrogens is 1. The summed E-state index contributed by atoms with van der Waals surface area (Å²) in [4.78, 5) is 11.9. The van der Waals surface area contributed by atoms with Gasteiger partial charge in [0, 0.05) is 24.8 Å². The zero-order valence-electron chi connectivity index (χ0n) is 9.60. The summed E-state index contributed by atoms with van der Waals surface area (Å²) < 4.78 is 0. The molecule has 0 spiro atoms. The smallest absolute Gasteiger partial charge is 0.269 e. The van der Waals surface area contributed by atoms with Gasteiger partial charge in [-0.15, -0.1) is 0 Å². The average Bonchev–Trinajstić information content (AvgIpc) is 3.05. The predicted octanol–water partition coefficient (Wildman–Crippen LogP) is 0.546. The fourth-order valence-electron chi connectivity index (χ4n) is 3.51. The number of hydrogen-bond donors (Lipinski definition) is 3. The van der Waals surface area contributed by atoms with Crippen molar-refractivity contribution in [2.75, 3.05) is 6.61 Å². The molecule has 0 saturated heterocycles. The van der Waals surface area contributed by atoms with Crippen LogP contribution < -0.4 is 5.32 Å². The Labute approximate surface area is 99.6 Å². The Morgan fingerprint density at radius 1 is 1.53 bits per heavy atom. The molecule has 17 heavy (non-hydrogen) atoms. The molecule has 2 bridgehead atoms. The second-order valence-corrected chi connectivity index (χ2v) is 5.15. The van der Waals surface area contributed by atoms with Crippen LogP contribution in [-0.2, 0) is 0 Å². The van der Waals surface area contributed by atoms with Crippen LogP contribution >= 0.6 is 0 Å². The summed E-state index contributed by atoms with van der Waals surface area (Å²) in [6.07, 6.45) is 5.10. The lowest BCUT2D eigenvalue weighted by molar-refractivity contribution is 0.0856. The summed E-state index contributed by atoms with van der Waals surface area (Å²) in [5.74, 6) is 1.26. The average molecular weight is 235 g/mol. The van der Waals surface area contributed by atoms with Gasteiger partial charge in [0.15, 0.2) is 0 Å². The van der Waals surface area contributed by atoms with E-state index in [9.17, 15) is 9.90 Å². The molecule has 0 aromatic carbocycles. The third kappa shape index (κ3) is 1.74. The Morgan fingerprint density at radius 3 is 3.06 bits per heavy atom. The topological polar surface area (TPSA) is 78.0 Å². The Kier molecular flexibility index (Phi) is 2.63. The molecule has 1 amide bonds. The number of aromatic amines is 1. The lowest BCUT2D eigenvalue weighted by Crippen LogP contribution is -2.45. The van der Waals surface area contributed by atoms with Gasteiger partial charge in [-0.25, -0.2) is 0 Å². The minimum atomic E-state index is -0.113. The molecule has 0 radical (unpaired) electrons. The largest absolute Gasteiger partial charge is 0.396 e. The quantitative estimate of drug-likeness (QED) is 0.715. The Bertz CT molecular complexity index is 404. The van der Waals surface area contributed by atoms with Gasteiger partial charge in [0.2, 0.25) is 0 Å². The van der Waals surface area contributed by atoms with Crippen molar-refractivity contribution >= 4 is 5.91 Å². The number of carbonyl (C=O) groups is 1. The standard InChI is InChI=1S/C12H17N3O2/c16-6-9-7-1-2-8(5-7)11(9)14-12(17)10-3-4-13-15-10/h3-4,7-9,11,16H,1-2,5-6H2,(H,13,15)(H,14,17). The summed E-state index contributed by atoms with van der Waals surface area (Å²) in [5.41, 5.74) is 0.490. The second-order valence-electron chi connectivity index (χ2n) is 5.15. The number of amides is 1. The number of aromatic nitrogens is 2. The number of rotatable bonds is 3. The highest BCUT2D eigenvalue weighted by atomic mass is 16.3. The number of nitrogens with one attached hydrogen (secondary N) is 2. The first-order chi connectivity index (χ1) is 8.29. The minimum Gasteiger partial charge on any atom is -0.396 e. The van der Waals surface area contributed by atoms with Crippen LogP contribution in [0.2, 0.25) is 0 Å². The van der Waals surface area contributed by atoms with Crippen molar-refractivity contribution in [3.8, 4) is 0 Å². The summed E-state index contributed by atoms with van der Waals surface area (Å²) in [5, 5.41) is 18.9. The molecule has 1 aromatic heterocycles. The van der Waals surface area contributed by atoms with Crippen LogP contribution in [0.25, 0.3) is 0 Å². The number of fused-ring (bicyclic) bond motifs is 2. The minimum absolute atomic E-state index is 0.113. The van der Waals surface area contributed by atoms with Crippen LogP contribution in [0, 0.1) is 17.8 Å². The van der Waals surface area contributed by atoms with Crippen molar-refractivity contribution < 1.29 is 9.90 Å². The first kappa shape index (κ1) is 10.8. The van der Waals surface area contributed by atoms with Gasteiger partial charge < -0.3 is 10.4 Å². The number of hydrogen-bond acceptors (Lipinski definition) is 3. The van der Waals surface area contributed by atoms with E-state index < -0.39 is 0 Å².